The van der Waals surface area contributed by atoms with E-state index >= 15 is 0 Å². The van der Waals surface area contributed by atoms with Crippen molar-refractivity contribution < 1.29 is 4.79 Å². The lowest BCUT2D eigenvalue weighted by molar-refractivity contribution is -0.117. The summed E-state index contributed by atoms with van der Waals surface area (Å²) in [5, 5.41) is 11.0. The minimum atomic E-state index is 0.00824. The molecule has 130 valence electrons. The lowest BCUT2D eigenvalue weighted by Gasteiger charge is -2.57. The molecular formula is C19H28N4O. The second-order valence-corrected chi connectivity index (χ2v) is 8.28. The van der Waals surface area contributed by atoms with Crippen molar-refractivity contribution in [3.63, 3.8) is 0 Å². The SMILES string of the molecule is CCn1cnnc1CNC(=O)/C=C(\C)C12CC3CC(CC(C3)C1)C2. The largest absolute Gasteiger partial charge is 0.345 e. The van der Waals surface area contributed by atoms with Crippen molar-refractivity contribution >= 4 is 5.91 Å². The summed E-state index contributed by atoms with van der Waals surface area (Å²) in [7, 11) is 0. The van der Waals surface area contributed by atoms with E-state index in [1.54, 1.807) is 6.33 Å². The van der Waals surface area contributed by atoms with Crippen LogP contribution in [0.1, 0.15) is 58.2 Å². The summed E-state index contributed by atoms with van der Waals surface area (Å²) >= 11 is 0. The lowest BCUT2D eigenvalue weighted by atomic mass is 9.48. The maximum Gasteiger partial charge on any atom is 0.244 e. The first kappa shape index (κ1) is 15.9. The minimum absolute atomic E-state index is 0.00824. The minimum Gasteiger partial charge on any atom is -0.345 e. The number of amides is 1. The summed E-state index contributed by atoms with van der Waals surface area (Å²) < 4.78 is 1.95. The van der Waals surface area contributed by atoms with Gasteiger partial charge in [0.25, 0.3) is 0 Å². The molecule has 4 bridgehead atoms. The Labute approximate surface area is 143 Å². The van der Waals surface area contributed by atoms with E-state index in [0.29, 0.717) is 12.0 Å². The Morgan fingerprint density at radius 2 is 1.92 bits per heavy atom. The van der Waals surface area contributed by atoms with Gasteiger partial charge in [0, 0.05) is 12.6 Å². The number of carbonyl (C=O) groups excluding carboxylic acids is 1. The summed E-state index contributed by atoms with van der Waals surface area (Å²) in [5.74, 6) is 3.54. The van der Waals surface area contributed by atoms with Gasteiger partial charge in [0.1, 0.15) is 6.33 Å². The fraction of sp³-hybridized carbons (Fsp3) is 0.737. The molecule has 4 fully saturated rings. The number of aryl methyl sites for hydroxylation is 1. The standard InChI is InChI=1S/C19H28N4O/c1-3-23-12-21-22-17(23)11-20-18(24)4-13(2)19-8-14-5-15(9-19)7-16(6-14)10-19/h4,12,14-16H,3,5-11H2,1-2H3,(H,20,24)/b13-4+. The fourth-order valence-corrected chi connectivity index (χ4v) is 5.84. The van der Waals surface area contributed by atoms with Crippen LogP contribution in [0.2, 0.25) is 0 Å². The summed E-state index contributed by atoms with van der Waals surface area (Å²) in [4.78, 5) is 12.4. The zero-order valence-electron chi connectivity index (χ0n) is 14.8. The molecule has 5 nitrogen and oxygen atoms in total. The van der Waals surface area contributed by atoms with E-state index in [9.17, 15) is 4.79 Å². The van der Waals surface area contributed by atoms with E-state index in [1.807, 2.05) is 17.6 Å². The van der Waals surface area contributed by atoms with Crippen molar-refractivity contribution in [1.82, 2.24) is 20.1 Å². The van der Waals surface area contributed by atoms with Crippen molar-refractivity contribution in [2.24, 2.45) is 23.2 Å². The van der Waals surface area contributed by atoms with Gasteiger partial charge in [-0.2, -0.15) is 0 Å². The number of hydrogen-bond acceptors (Lipinski definition) is 3. The van der Waals surface area contributed by atoms with Gasteiger partial charge in [-0.15, -0.1) is 10.2 Å². The quantitative estimate of drug-likeness (QED) is 0.845. The molecule has 24 heavy (non-hydrogen) atoms. The van der Waals surface area contributed by atoms with Crippen LogP contribution in [0.3, 0.4) is 0 Å². The highest BCUT2D eigenvalue weighted by Gasteiger charge is 2.51. The molecule has 1 N–H and O–H groups in total. The molecule has 5 heteroatoms. The first-order valence-electron chi connectivity index (χ1n) is 9.41. The van der Waals surface area contributed by atoms with Crippen LogP contribution in [0.15, 0.2) is 18.0 Å². The Kier molecular flexibility index (Phi) is 3.97. The smallest absolute Gasteiger partial charge is 0.244 e. The molecule has 0 atom stereocenters. The molecule has 0 aromatic carbocycles. The molecule has 1 heterocycles. The van der Waals surface area contributed by atoms with Crippen molar-refractivity contribution in [2.75, 3.05) is 0 Å². The van der Waals surface area contributed by atoms with Gasteiger partial charge < -0.3 is 9.88 Å². The normalized spacial score (nSPS) is 34.6. The predicted molar refractivity (Wildman–Crippen MR) is 91.9 cm³/mol. The van der Waals surface area contributed by atoms with E-state index in [0.717, 1.165) is 30.1 Å². The van der Waals surface area contributed by atoms with Crippen LogP contribution < -0.4 is 5.32 Å². The van der Waals surface area contributed by atoms with Gasteiger partial charge in [-0.3, -0.25) is 4.79 Å². The van der Waals surface area contributed by atoms with Crippen LogP contribution in [0, 0.1) is 23.2 Å². The molecular weight excluding hydrogens is 300 g/mol. The van der Waals surface area contributed by atoms with E-state index in [2.05, 4.69) is 22.4 Å². The Hall–Kier alpha value is -1.65. The third-order valence-electron chi connectivity index (χ3n) is 6.68. The number of carbonyl (C=O) groups is 1. The Morgan fingerprint density at radius 1 is 1.29 bits per heavy atom. The highest BCUT2D eigenvalue weighted by atomic mass is 16.1. The van der Waals surface area contributed by atoms with Crippen molar-refractivity contribution in [3.8, 4) is 0 Å². The zero-order chi connectivity index (χ0) is 16.7. The van der Waals surface area contributed by atoms with E-state index in [-0.39, 0.29) is 5.91 Å². The van der Waals surface area contributed by atoms with E-state index < -0.39 is 0 Å². The fourth-order valence-electron chi connectivity index (χ4n) is 5.84. The predicted octanol–water partition coefficient (Wildman–Crippen LogP) is 3.08. The van der Waals surface area contributed by atoms with Crippen LogP contribution in [0.4, 0.5) is 0 Å². The first-order valence-corrected chi connectivity index (χ1v) is 9.41. The average molecular weight is 328 g/mol. The van der Waals surface area contributed by atoms with Crippen LogP contribution in [-0.4, -0.2) is 20.7 Å². The van der Waals surface area contributed by atoms with Gasteiger partial charge in [0.05, 0.1) is 6.54 Å². The van der Waals surface area contributed by atoms with Gasteiger partial charge in [-0.1, -0.05) is 5.57 Å². The molecule has 5 rings (SSSR count). The van der Waals surface area contributed by atoms with Gasteiger partial charge in [-0.05, 0) is 75.5 Å². The maximum absolute atomic E-state index is 12.4. The van der Waals surface area contributed by atoms with Gasteiger partial charge >= 0.3 is 0 Å². The zero-order valence-corrected chi connectivity index (χ0v) is 14.8. The number of aromatic nitrogens is 3. The summed E-state index contributed by atoms with van der Waals surface area (Å²) in [5.41, 5.74) is 1.62. The van der Waals surface area contributed by atoms with Crippen LogP contribution >= 0.6 is 0 Å². The highest BCUT2D eigenvalue weighted by molar-refractivity contribution is 5.88. The molecule has 1 aromatic rings. The first-order chi connectivity index (χ1) is 11.6. The molecule has 4 aliphatic rings. The third-order valence-corrected chi connectivity index (χ3v) is 6.68. The molecule has 0 unspecified atom stereocenters. The highest BCUT2D eigenvalue weighted by Crippen LogP contribution is 2.62. The number of hydrogen-bond donors (Lipinski definition) is 1. The molecule has 0 saturated heterocycles. The summed E-state index contributed by atoms with van der Waals surface area (Å²) in [6.45, 7) is 5.49. The van der Waals surface area contributed by atoms with Gasteiger partial charge in [-0.25, -0.2) is 0 Å². The molecule has 0 spiro atoms. The number of nitrogens with zero attached hydrogens (tertiary/aromatic N) is 3. The van der Waals surface area contributed by atoms with E-state index in [4.69, 9.17) is 0 Å². The number of rotatable bonds is 5. The number of allylic oxidation sites excluding steroid dienone is 1. The van der Waals surface area contributed by atoms with Crippen LogP contribution in [0.25, 0.3) is 0 Å². The van der Waals surface area contributed by atoms with Crippen LogP contribution in [0.5, 0.6) is 0 Å². The van der Waals surface area contributed by atoms with Crippen molar-refractivity contribution in [1.29, 1.82) is 0 Å². The van der Waals surface area contributed by atoms with Gasteiger partial charge in [0.2, 0.25) is 5.91 Å². The Balaban J connectivity index is 1.42. The monoisotopic (exact) mass is 328 g/mol. The Bertz CT molecular complexity index is 625. The van der Waals surface area contributed by atoms with Gasteiger partial charge in [0.15, 0.2) is 5.82 Å². The summed E-state index contributed by atoms with van der Waals surface area (Å²) in [6.07, 6.45) is 11.8. The summed E-state index contributed by atoms with van der Waals surface area (Å²) in [6, 6.07) is 0. The number of nitrogens with one attached hydrogen (secondary N) is 1. The molecule has 1 amide bonds. The van der Waals surface area contributed by atoms with Crippen molar-refractivity contribution in [2.45, 2.75) is 65.5 Å². The van der Waals surface area contributed by atoms with Crippen molar-refractivity contribution in [3.05, 3.63) is 23.8 Å². The maximum atomic E-state index is 12.4. The topological polar surface area (TPSA) is 59.8 Å². The third kappa shape index (κ3) is 2.78. The molecule has 1 aromatic heterocycles. The molecule has 4 aliphatic carbocycles. The second kappa shape index (κ2) is 6.01. The Morgan fingerprint density at radius 3 is 2.50 bits per heavy atom. The van der Waals surface area contributed by atoms with E-state index in [1.165, 1.54) is 44.1 Å². The lowest BCUT2D eigenvalue weighted by Crippen LogP contribution is -2.46. The average Bonchev–Trinajstić information content (AvgIpc) is 2.99. The molecule has 0 radical (unpaired) electrons. The second-order valence-electron chi connectivity index (χ2n) is 8.28. The van der Waals surface area contributed by atoms with Crippen LogP contribution in [-0.2, 0) is 17.9 Å². The molecule has 4 saturated carbocycles. The molecule has 0 aliphatic heterocycles.